The molecule has 0 N–H and O–H groups in total. The van der Waals surface area contributed by atoms with Gasteiger partial charge in [-0.1, -0.05) is 31.5 Å². The first-order valence-corrected chi connectivity index (χ1v) is 5.50. The number of rotatable bonds is 2. The first-order valence-electron chi connectivity index (χ1n) is 4.63. The van der Waals surface area contributed by atoms with Crippen LogP contribution in [0.5, 0.6) is 0 Å². The molecule has 0 fully saturated rings. The van der Waals surface area contributed by atoms with Crippen molar-refractivity contribution in [3.05, 3.63) is 29.8 Å². The molecule has 0 aromatic heterocycles. The second-order valence-corrected chi connectivity index (χ2v) is 4.50. The van der Waals surface area contributed by atoms with Crippen molar-refractivity contribution in [2.75, 3.05) is 0 Å². The third-order valence-electron chi connectivity index (χ3n) is 2.27. The summed E-state index contributed by atoms with van der Waals surface area (Å²) < 4.78 is 0. The maximum atomic E-state index is 11.8. The quantitative estimate of drug-likeness (QED) is 0.716. The maximum absolute atomic E-state index is 11.8. The molecule has 0 bridgehead atoms. The topological polar surface area (TPSA) is 17.1 Å². The van der Waals surface area contributed by atoms with Crippen molar-refractivity contribution >= 4 is 17.5 Å². The summed E-state index contributed by atoms with van der Waals surface area (Å²) in [5, 5.41) is 0.183. The van der Waals surface area contributed by atoms with E-state index in [2.05, 4.69) is 6.92 Å². The fourth-order valence-electron chi connectivity index (χ4n) is 1.61. The molecule has 2 heteroatoms. The minimum absolute atomic E-state index is 0.183. The number of Topliss-reactive ketones (excluding diaryl/α,β-unsaturated/α-hetero) is 1. The predicted octanol–water partition coefficient (Wildman–Crippen LogP) is 3.14. The van der Waals surface area contributed by atoms with Gasteiger partial charge in [0.15, 0.2) is 5.78 Å². The maximum Gasteiger partial charge on any atom is 0.177 e. The molecule has 2 rings (SSSR count). The zero-order valence-electron chi connectivity index (χ0n) is 7.62. The van der Waals surface area contributed by atoms with Gasteiger partial charge in [-0.15, -0.1) is 11.8 Å². The zero-order valence-corrected chi connectivity index (χ0v) is 8.43. The molecule has 13 heavy (non-hydrogen) atoms. The number of hydrogen-bond acceptors (Lipinski definition) is 2. The summed E-state index contributed by atoms with van der Waals surface area (Å²) in [7, 11) is 0. The van der Waals surface area contributed by atoms with Crippen LogP contribution in [-0.4, -0.2) is 11.0 Å². The second kappa shape index (κ2) is 3.54. The van der Waals surface area contributed by atoms with E-state index in [9.17, 15) is 4.79 Å². The Bertz CT molecular complexity index is 333. The number of hydrogen-bond donors (Lipinski definition) is 0. The fourth-order valence-corrected chi connectivity index (χ4v) is 2.95. The smallest absolute Gasteiger partial charge is 0.177 e. The molecule has 1 heterocycles. The Morgan fingerprint density at radius 2 is 2.15 bits per heavy atom. The second-order valence-electron chi connectivity index (χ2n) is 3.26. The van der Waals surface area contributed by atoms with Crippen molar-refractivity contribution < 1.29 is 4.79 Å². The van der Waals surface area contributed by atoms with E-state index in [0.717, 1.165) is 23.3 Å². The lowest BCUT2D eigenvalue weighted by atomic mass is 10.1. The number of carbonyl (C=O) groups excluding carboxylic acids is 1. The molecule has 1 aromatic carbocycles. The van der Waals surface area contributed by atoms with Crippen LogP contribution in [0, 0.1) is 0 Å². The summed E-state index contributed by atoms with van der Waals surface area (Å²) in [6, 6.07) is 7.90. The molecule has 1 aliphatic rings. The van der Waals surface area contributed by atoms with Gasteiger partial charge in [0, 0.05) is 10.5 Å². The van der Waals surface area contributed by atoms with E-state index in [-0.39, 0.29) is 5.25 Å². The van der Waals surface area contributed by atoms with Crippen LogP contribution in [-0.2, 0) is 0 Å². The van der Waals surface area contributed by atoms with Crippen molar-refractivity contribution in [3.63, 3.8) is 0 Å². The van der Waals surface area contributed by atoms with Crippen molar-refractivity contribution in [2.24, 2.45) is 0 Å². The van der Waals surface area contributed by atoms with Gasteiger partial charge >= 0.3 is 0 Å². The van der Waals surface area contributed by atoms with E-state index in [1.807, 2.05) is 24.3 Å². The molecule has 0 amide bonds. The fraction of sp³-hybridized carbons (Fsp3) is 0.364. The van der Waals surface area contributed by atoms with Gasteiger partial charge in [-0.3, -0.25) is 4.79 Å². The van der Waals surface area contributed by atoms with Gasteiger partial charge < -0.3 is 0 Å². The average molecular weight is 192 g/mol. The number of fused-ring (bicyclic) bond motifs is 1. The van der Waals surface area contributed by atoms with E-state index in [0.29, 0.717) is 5.78 Å². The van der Waals surface area contributed by atoms with Crippen LogP contribution >= 0.6 is 11.8 Å². The lowest BCUT2D eigenvalue weighted by molar-refractivity contribution is 0.0988. The van der Waals surface area contributed by atoms with Gasteiger partial charge in [0.1, 0.15) is 0 Å². The van der Waals surface area contributed by atoms with Crippen molar-refractivity contribution in [1.29, 1.82) is 0 Å². The predicted molar refractivity (Wildman–Crippen MR) is 55.3 cm³/mol. The van der Waals surface area contributed by atoms with Crippen LogP contribution in [0.3, 0.4) is 0 Å². The van der Waals surface area contributed by atoms with E-state index in [1.165, 1.54) is 0 Å². The minimum Gasteiger partial charge on any atom is -0.293 e. The van der Waals surface area contributed by atoms with E-state index >= 15 is 0 Å². The highest BCUT2D eigenvalue weighted by Crippen LogP contribution is 2.38. The van der Waals surface area contributed by atoms with Crippen molar-refractivity contribution in [2.45, 2.75) is 29.9 Å². The van der Waals surface area contributed by atoms with Gasteiger partial charge in [0.2, 0.25) is 0 Å². The van der Waals surface area contributed by atoms with Crippen LogP contribution in [0.4, 0.5) is 0 Å². The van der Waals surface area contributed by atoms with Gasteiger partial charge in [0.05, 0.1) is 5.25 Å². The standard InChI is InChI=1S/C11H12OS/c1-2-5-10-11(12)8-6-3-4-7-9(8)13-10/h3-4,6-7,10H,2,5H2,1H3. The molecule has 1 aliphatic heterocycles. The highest BCUT2D eigenvalue weighted by molar-refractivity contribution is 8.01. The molecule has 1 unspecified atom stereocenters. The SMILES string of the molecule is CCCC1Sc2ccccc2C1=O. The Hall–Kier alpha value is -0.760. The third-order valence-corrected chi connectivity index (χ3v) is 3.61. The summed E-state index contributed by atoms with van der Waals surface area (Å²) >= 11 is 1.72. The van der Waals surface area contributed by atoms with E-state index in [4.69, 9.17) is 0 Å². The Kier molecular flexibility index (Phi) is 2.40. The highest BCUT2D eigenvalue weighted by Gasteiger charge is 2.29. The van der Waals surface area contributed by atoms with Crippen LogP contribution in [0.15, 0.2) is 29.2 Å². The number of carbonyl (C=O) groups is 1. The summed E-state index contributed by atoms with van der Waals surface area (Å²) in [6.45, 7) is 2.12. The number of benzene rings is 1. The summed E-state index contributed by atoms with van der Waals surface area (Å²) in [4.78, 5) is 12.9. The molecule has 0 aliphatic carbocycles. The first-order chi connectivity index (χ1) is 6.33. The molecule has 68 valence electrons. The van der Waals surface area contributed by atoms with Crippen molar-refractivity contribution in [3.8, 4) is 0 Å². The Morgan fingerprint density at radius 1 is 1.38 bits per heavy atom. The Balaban J connectivity index is 2.28. The molecule has 1 aromatic rings. The molecular formula is C11H12OS. The van der Waals surface area contributed by atoms with E-state index in [1.54, 1.807) is 11.8 Å². The largest absolute Gasteiger partial charge is 0.293 e. The van der Waals surface area contributed by atoms with Crippen LogP contribution in [0.2, 0.25) is 0 Å². The highest BCUT2D eigenvalue weighted by atomic mass is 32.2. The molecule has 1 atom stereocenters. The first kappa shape index (κ1) is 8.82. The lowest BCUT2D eigenvalue weighted by Gasteiger charge is -2.02. The van der Waals surface area contributed by atoms with Gasteiger partial charge in [-0.2, -0.15) is 0 Å². The monoisotopic (exact) mass is 192 g/mol. The molecule has 0 spiro atoms. The Labute approximate surface area is 82.5 Å². The molecule has 0 saturated carbocycles. The van der Waals surface area contributed by atoms with Gasteiger partial charge in [-0.05, 0) is 12.5 Å². The van der Waals surface area contributed by atoms with Crippen LogP contribution < -0.4 is 0 Å². The number of ketones is 1. The lowest BCUT2D eigenvalue weighted by Crippen LogP contribution is -2.10. The Morgan fingerprint density at radius 3 is 2.85 bits per heavy atom. The molecule has 0 radical (unpaired) electrons. The van der Waals surface area contributed by atoms with Crippen molar-refractivity contribution in [1.82, 2.24) is 0 Å². The molecule has 0 saturated heterocycles. The minimum atomic E-state index is 0.183. The van der Waals surface area contributed by atoms with Crippen LogP contribution in [0.1, 0.15) is 30.1 Å². The normalized spacial score (nSPS) is 20.4. The zero-order chi connectivity index (χ0) is 9.26. The summed E-state index contributed by atoms with van der Waals surface area (Å²) in [5.74, 6) is 0.322. The third kappa shape index (κ3) is 1.51. The number of thioether (sulfide) groups is 1. The molecular weight excluding hydrogens is 180 g/mol. The average Bonchev–Trinajstić information content (AvgIpc) is 2.46. The summed E-state index contributed by atoms with van der Waals surface area (Å²) in [5.41, 5.74) is 0.922. The van der Waals surface area contributed by atoms with Gasteiger partial charge in [0.25, 0.3) is 0 Å². The van der Waals surface area contributed by atoms with E-state index < -0.39 is 0 Å². The van der Waals surface area contributed by atoms with Crippen LogP contribution in [0.25, 0.3) is 0 Å². The van der Waals surface area contributed by atoms with Gasteiger partial charge in [-0.25, -0.2) is 0 Å². The molecule has 1 nitrogen and oxygen atoms in total. The summed E-state index contributed by atoms with van der Waals surface area (Å²) in [6.07, 6.45) is 2.08.